The third-order valence-electron chi connectivity index (χ3n) is 4.70. The lowest BCUT2D eigenvalue weighted by Gasteiger charge is -2.19. The molecule has 1 aromatic rings. The Morgan fingerprint density at radius 3 is 2.70 bits per heavy atom. The Labute approximate surface area is 193 Å². The molecule has 6 nitrogen and oxygen atoms in total. The molecule has 1 saturated heterocycles. The maximum Gasteiger partial charge on any atom is 0.401 e. The van der Waals surface area contributed by atoms with Gasteiger partial charge in [-0.3, -0.25) is 9.89 Å². The van der Waals surface area contributed by atoms with Gasteiger partial charge in [-0.1, -0.05) is 6.07 Å². The van der Waals surface area contributed by atoms with Crippen molar-refractivity contribution in [2.45, 2.75) is 38.4 Å². The molecule has 30 heavy (non-hydrogen) atoms. The molecule has 0 spiro atoms. The highest BCUT2D eigenvalue weighted by Gasteiger charge is 2.34. The lowest BCUT2D eigenvalue weighted by atomic mass is 10.1. The van der Waals surface area contributed by atoms with Crippen molar-refractivity contribution in [1.29, 1.82) is 0 Å². The van der Waals surface area contributed by atoms with E-state index >= 15 is 0 Å². The van der Waals surface area contributed by atoms with Gasteiger partial charge in [-0.15, -0.1) is 24.0 Å². The Bertz CT molecular complexity index is 674. The fourth-order valence-corrected chi connectivity index (χ4v) is 3.38. The molecule has 0 amide bonds. The van der Waals surface area contributed by atoms with Crippen molar-refractivity contribution in [2.24, 2.45) is 4.99 Å². The number of alkyl halides is 3. The fraction of sp³-hybridized carbons (Fsp3) is 0.650. The van der Waals surface area contributed by atoms with E-state index in [1.807, 2.05) is 25.1 Å². The van der Waals surface area contributed by atoms with E-state index in [4.69, 9.17) is 9.47 Å². The third kappa shape index (κ3) is 9.15. The smallest absolute Gasteiger partial charge is 0.401 e. The number of hydrogen-bond donors (Lipinski definition) is 2. The van der Waals surface area contributed by atoms with Crippen LogP contribution in [-0.4, -0.2) is 70.0 Å². The van der Waals surface area contributed by atoms with E-state index in [-0.39, 0.29) is 30.0 Å². The van der Waals surface area contributed by atoms with Crippen LogP contribution in [0, 0.1) is 0 Å². The molecule has 0 aromatic heterocycles. The lowest BCUT2D eigenvalue weighted by Crippen LogP contribution is -2.45. The zero-order valence-electron chi connectivity index (χ0n) is 17.7. The van der Waals surface area contributed by atoms with Gasteiger partial charge in [-0.25, -0.2) is 0 Å². The number of methoxy groups -OCH3 is 1. The second-order valence-corrected chi connectivity index (χ2v) is 7.00. The van der Waals surface area contributed by atoms with E-state index < -0.39 is 12.7 Å². The molecule has 1 aromatic carbocycles. The summed E-state index contributed by atoms with van der Waals surface area (Å²) in [5.74, 6) is 2.07. The molecule has 172 valence electrons. The summed E-state index contributed by atoms with van der Waals surface area (Å²) in [5.41, 5.74) is 1.15. The van der Waals surface area contributed by atoms with Crippen LogP contribution in [0.1, 0.15) is 25.3 Å². The van der Waals surface area contributed by atoms with Gasteiger partial charge in [-0.2, -0.15) is 13.2 Å². The third-order valence-corrected chi connectivity index (χ3v) is 4.70. The molecule has 1 heterocycles. The molecule has 1 unspecified atom stereocenters. The lowest BCUT2D eigenvalue weighted by molar-refractivity contribution is -0.143. The Hall–Kier alpha value is -1.43. The van der Waals surface area contributed by atoms with Gasteiger partial charge in [0.05, 0.1) is 20.3 Å². The van der Waals surface area contributed by atoms with Gasteiger partial charge in [0.15, 0.2) is 17.5 Å². The molecular weight excluding hydrogens is 512 g/mol. The zero-order valence-corrected chi connectivity index (χ0v) is 20.0. The predicted octanol–water partition coefficient (Wildman–Crippen LogP) is 3.45. The quantitative estimate of drug-likeness (QED) is 0.216. The number of rotatable bonds is 9. The Morgan fingerprint density at radius 1 is 1.30 bits per heavy atom. The highest BCUT2D eigenvalue weighted by molar-refractivity contribution is 14.0. The largest absolute Gasteiger partial charge is 0.493 e. The Balaban J connectivity index is 0.00000450. The topological polar surface area (TPSA) is 58.1 Å². The summed E-state index contributed by atoms with van der Waals surface area (Å²) in [5, 5.41) is 6.45. The van der Waals surface area contributed by atoms with Gasteiger partial charge in [-0.05, 0) is 43.9 Å². The maximum absolute atomic E-state index is 12.5. The number of likely N-dealkylation sites (tertiary alicyclic amines) is 1. The van der Waals surface area contributed by atoms with E-state index in [1.54, 1.807) is 14.2 Å². The van der Waals surface area contributed by atoms with Crippen LogP contribution in [0.5, 0.6) is 11.5 Å². The van der Waals surface area contributed by atoms with Crippen LogP contribution in [0.2, 0.25) is 0 Å². The van der Waals surface area contributed by atoms with Crippen molar-refractivity contribution in [2.75, 3.05) is 46.9 Å². The van der Waals surface area contributed by atoms with Crippen LogP contribution in [0.4, 0.5) is 13.2 Å². The number of aryl methyl sites for hydroxylation is 1. The maximum atomic E-state index is 12.5. The van der Waals surface area contributed by atoms with Gasteiger partial charge < -0.3 is 20.1 Å². The van der Waals surface area contributed by atoms with E-state index in [9.17, 15) is 13.2 Å². The number of aliphatic imine (C=N–C) groups is 1. The molecule has 1 aliphatic rings. The van der Waals surface area contributed by atoms with Crippen molar-refractivity contribution in [3.8, 4) is 11.5 Å². The monoisotopic (exact) mass is 544 g/mol. The number of benzene rings is 1. The summed E-state index contributed by atoms with van der Waals surface area (Å²) in [4.78, 5) is 5.60. The van der Waals surface area contributed by atoms with Crippen LogP contribution in [-0.2, 0) is 6.42 Å². The minimum absolute atomic E-state index is 0. The fourth-order valence-electron chi connectivity index (χ4n) is 3.38. The van der Waals surface area contributed by atoms with Crippen molar-refractivity contribution >= 4 is 29.9 Å². The predicted molar refractivity (Wildman–Crippen MR) is 123 cm³/mol. The average molecular weight is 544 g/mol. The molecule has 0 aliphatic carbocycles. The van der Waals surface area contributed by atoms with Crippen LogP contribution < -0.4 is 20.1 Å². The van der Waals surface area contributed by atoms with Crippen molar-refractivity contribution < 1.29 is 22.6 Å². The number of nitrogens with zero attached hydrogens (tertiary/aromatic N) is 2. The first-order chi connectivity index (χ1) is 13.8. The number of ether oxygens (including phenoxy) is 2. The summed E-state index contributed by atoms with van der Waals surface area (Å²) in [6.45, 7) is 3.16. The summed E-state index contributed by atoms with van der Waals surface area (Å²) < 4.78 is 48.4. The van der Waals surface area contributed by atoms with Crippen LogP contribution in [0.3, 0.4) is 0 Å². The first-order valence-corrected chi connectivity index (χ1v) is 9.90. The van der Waals surface area contributed by atoms with Gasteiger partial charge in [0.1, 0.15) is 0 Å². The number of nitrogens with one attached hydrogen (secondary N) is 2. The average Bonchev–Trinajstić information content (AvgIpc) is 3.09. The minimum Gasteiger partial charge on any atom is -0.493 e. The standard InChI is InChI=1S/C20H31F3N4O2.HI/c1-4-29-18-12-15(7-8-17(18)28-3)6-5-10-25-19(24-2)26-16-9-11-27(13-16)14-20(21,22)23;/h7-8,12,16H,4-6,9-11,13-14H2,1-3H3,(H2,24,25,26);1H. The van der Waals surface area contributed by atoms with E-state index in [1.165, 1.54) is 4.90 Å². The molecule has 2 N–H and O–H groups in total. The Morgan fingerprint density at radius 2 is 2.07 bits per heavy atom. The second-order valence-electron chi connectivity index (χ2n) is 7.00. The van der Waals surface area contributed by atoms with Crippen LogP contribution in [0.15, 0.2) is 23.2 Å². The molecular formula is C20H32F3IN4O2. The van der Waals surface area contributed by atoms with E-state index in [0.717, 1.165) is 29.9 Å². The van der Waals surface area contributed by atoms with E-state index in [0.29, 0.717) is 38.6 Å². The van der Waals surface area contributed by atoms with Gasteiger partial charge in [0.2, 0.25) is 0 Å². The summed E-state index contributed by atoms with van der Waals surface area (Å²) in [6.07, 6.45) is -1.75. The van der Waals surface area contributed by atoms with Crippen LogP contribution in [0.25, 0.3) is 0 Å². The number of hydrogen-bond acceptors (Lipinski definition) is 4. The summed E-state index contributed by atoms with van der Waals surface area (Å²) in [6, 6.07) is 5.88. The first-order valence-electron chi connectivity index (χ1n) is 9.90. The summed E-state index contributed by atoms with van der Waals surface area (Å²) in [7, 11) is 3.28. The summed E-state index contributed by atoms with van der Waals surface area (Å²) >= 11 is 0. The molecule has 0 bridgehead atoms. The zero-order chi connectivity index (χ0) is 21.3. The van der Waals surface area contributed by atoms with Gasteiger partial charge >= 0.3 is 6.18 Å². The van der Waals surface area contributed by atoms with Gasteiger partial charge in [0.25, 0.3) is 0 Å². The molecule has 1 aliphatic heterocycles. The molecule has 1 fully saturated rings. The molecule has 2 rings (SSSR count). The SMILES string of the molecule is CCOc1cc(CCCNC(=NC)NC2CCN(CC(F)(F)F)C2)ccc1OC.I. The van der Waals surface area contributed by atoms with E-state index in [2.05, 4.69) is 15.6 Å². The second kappa shape index (κ2) is 13.1. The van der Waals surface area contributed by atoms with Crippen molar-refractivity contribution in [3.05, 3.63) is 23.8 Å². The normalized spacial score (nSPS) is 17.4. The highest BCUT2D eigenvalue weighted by atomic mass is 127. The molecule has 0 radical (unpaired) electrons. The number of halogens is 4. The minimum atomic E-state index is -4.15. The van der Waals surface area contributed by atoms with Gasteiger partial charge in [0, 0.05) is 32.7 Å². The Kier molecular flexibility index (Phi) is 11.6. The number of guanidine groups is 1. The van der Waals surface area contributed by atoms with Crippen molar-refractivity contribution in [1.82, 2.24) is 15.5 Å². The van der Waals surface area contributed by atoms with Crippen LogP contribution >= 0.6 is 24.0 Å². The highest BCUT2D eigenvalue weighted by Crippen LogP contribution is 2.28. The molecule has 10 heteroatoms. The molecule has 1 atom stereocenters. The van der Waals surface area contributed by atoms with Crippen molar-refractivity contribution in [3.63, 3.8) is 0 Å². The first kappa shape index (κ1) is 26.6. The molecule has 0 saturated carbocycles.